The maximum absolute atomic E-state index is 12.8. The molecule has 106 valence electrons. The summed E-state index contributed by atoms with van der Waals surface area (Å²) in [4.78, 5) is 19.3. The molecule has 4 nitrogen and oxygen atoms in total. The lowest BCUT2D eigenvalue weighted by atomic mass is 9.83. The summed E-state index contributed by atoms with van der Waals surface area (Å²) in [5, 5.41) is 0. The Kier molecular flexibility index (Phi) is 4.40. The number of nitrogens with zero attached hydrogens (tertiary/aromatic N) is 3. The van der Waals surface area contributed by atoms with E-state index in [2.05, 4.69) is 9.88 Å². The van der Waals surface area contributed by atoms with Gasteiger partial charge in [-0.3, -0.25) is 9.69 Å². The molecule has 0 aliphatic heterocycles. The number of likely N-dealkylation sites (N-methyl/N-ethyl adjacent to an activating group) is 1. The Morgan fingerprint density at radius 2 is 1.95 bits per heavy atom. The van der Waals surface area contributed by atoms with Crippen LogP contribution in [-0.4, -0.2) is 39.9 Å². The number of hydrogen-bond donors (Lipinski definition) is 0. The van der Waals surface area contributed by atoms with Gasteiger partial charge >= 0.3 is 0 Å². The summed E-state index contributed by atoms with van der Waals surface area (Å²) in [6.45, 7) is 0. The fraction of sp³-hybridized carbons (Fsp3) is 0.733. The Hall–Kier alpha value is -1.16. The molecule has 0 saturated heterocycles. The number of aromatic nitrogens is 2. The van der Waals surface area contributed by atoms with E-state index in [1.165, 1.54) is 12.8 Å². The monoisotopic (exact) mass is 263 g/mol. The van der Waals surface area contributed by atoms with Crippen LogP contribution in [0.1, 0.15) is 44.3 Å². The van der Waals surface area contributed by atoms with Gasteiger partial charge in [0.05, 0.1) is 12.0 Å². The van der Waals surface area contributed by atoms with Gasteiger partial charge < -0.3 is 4.57 Å². The summed E-state index contributed by atoms with van der Waals surface area (Å²) in [6, 6.07) is 0. The summed E-state index contributed by atoms with van der Waals surface area (Å²) in [6.07, 6.45) is 10.9. The summed E-state index contributed by atoms with van der Waals surface area (Å²) < 4.78 is 1.94. The third-order valence-electron chi connectivity index (χ3n) is 4.55. The molecule has 0 bridgehead atoms. The number of imidazole rings is 1. The number of ketones is 1. The van der Waals surface area contributed by atoms with Crippen molar-refractivity contribution in [2.75, 3.05) is 14.1 Å². The molecule has 4 heteroatoms. The van der Waals surface area contributed by atoms with Crippen LogP contribution >= 0.6 is 0 Å². The van der Waals surface area contributed by atoms with Gasteiger partial charge in [0.2, 0.25) is 0 Å². The van der Waals surface area contributed by atoms with E-state index in [4.69, 9.17) is 0 Å². The van der Waals surface area contributed by atoms with Crippen LogP contribution in [0.4, 0.5) is 0 Å². The third kappa shape index (κ3) is 2.89. The second-order valence-corrected chi connectivity index (χ2v) is 5.89. The number of hydrogen-bond acceptors (Lipinski definition) is 3. The highest BCUT2D eigenvalue weighted by Gasteiger charge is 2.40. The number of carbonyl (C=O) groups is 1. The molecule has 1 aromatic rings. The maximum atomic E-state index is 12.8. The number of aryl methyl sites for hydroxylation is 1. The molecular formula is C15H25N3O. The van der Waals surface area contributed by atoms with Crippen molar-refractivity contribution in [3.63, 3.8) is 0 Å². The van der Waals surface area contributed by atoms with Gasteiger partial charge in [-0.2, -0.15) is 0 Å². The minimum Gasteiger partial charge on any atom is -0.338 e. The van der Waals surface area contributed by atoms with Gasteiger partial charge in [0.25, 0.3) is 0 Å². The summed E-state index contributed by atoms with van der Waals surface area (Å²) in [5.41, 5.74) is -0.275. The van der Waals surface area contributed by atoms with Gasteiger partial charge in [-0.05, 0) is 26.9 Å². The summed E-state index contributed by atoms with van der Waals surface area (Å²) in [5.74, 6) is 1.20. The molecule has 0 spiro atoms. The van der Waals surface area contributed by atoms with Gasteiger partial charge in [-0.25, -0.2) is 4.98 Å². The molecule has 0 unspecified atom stereocenters. The van der Waals surface area contributed by atoms with Crippen molar-refractivity contribution in [3.05, 3.63) is 18.2 Å². The molecule has 0 N–H and O–H groups in total. The first-order valence-electron chi connectivity index (χ1n) is 7.23. The zero-order valence-corrected chi connectivity index (χ0v) is 12.4. The summed E-state index contributed by atoms with van der Waals surface area (Å²) >= 11 is 0. The van der Waals surface area contributed by atoms with Crippen LogP contribution < -0.4 is 0 Å². The van der Waals surface area contributed by atoms with Gasteiger partial charge in [0.15, 0.2) is 5.78 Å². The minimum atomic E-state index is -0.275. The van der Waals surface area contributed by atoms with E-state index in [0.717, 1.165) is 31.5 Å². The van der Waals surface area contributed by atoms with Crippen LogP contribution in [0.2, 0.25) is 0 Å². The van der Waals surface area contributed by atoms with E-state index in [0.29, 0.717) is 12.2 Å². The van der Waals surface area contributed by atoms with E-state index in [1.54, 1.807) is 6.20 Å². The largest absolute Gasteiger partial charge is 0.338 e. The minimum absolute atomic E-state index is 0.275. The lowest BCUT2D eigenvalue weighted by Gasteiger charge is -2.38. The van der Waals surface area contributed by atoms with Gasteiger partial charge in [-0.1, -0.05) is 25.7 Å². The van der Waals surface area contributed by atoms with Crippen molar-refractivity contribution in [2.45, 2.75) is 50.5 Å². The van der Waals surface area contributed by atoms with Crippen molar-refractivity contribution in [3.8, 4) is 0 Å². The maximum Gasteiger partial charge on any atom is 0.160 e. The van der Waals surface area contributed by atoms with Crippen LogP contribution in [-0.2, 0) is 18.3 Å². The molecule has 1 aromatic heterocycles. The van der Waals surface area contributed by atoms with E-state index >= 15 is 0 Å². The Morgan fingerprint density at radius 1 is 1.32 bits per heavy atom. The van der Waals surface area contributed by atoms with Crippen molar-refractivity contribution in [1.29, 1.82) is 0 Å². The predicted molar refractivity (Wildman–Crippen MR) is 76.0 cm³/mol. The first-order valence-corrected chi connectivity index (χ1v) is 7.23. The molecule has 1 aliphatic rings. The first kappa shape index (κ1) is 14.3. The molecule has 1 fully saturated rings. The summed E-state index contributed by atoms with van der Waals surface area (Å²) in [7, 11) is 6.04. The molecule has 2 rings (SSSR count). The average molecular weight is 263 g/mol. The Bertz CT molecular complexity index is 428. The zero-order valence-electron chi connectivity index (χ0n) is 12.4. The van der Waals surface area contributed by atoms with Gasteiger partial charge in [-0.15, -0.1) is 0 Å². The first-order chi connectivity index (χ1) is 9.06. The van der Waals surface area contributed by atoms with Crippen LogP contribution in [0.25, 0.3) is 0 Å². The fourth-order valence-electron chi connectivity index (χ4n) is 3.16. The van der Waals surface area contributed by atoms with E-state index in [-0.39, 0.29) is 5.54 Å². The Morgan fingerprint density at radius 3 is 2.42 bits per heavy atom. The van der Waals surface area contributed by atoms with E-state index in [1.807, 2.05) is 31.9 Å². The zero-order chi connectivity index (χ0) is 13.9. The number of rotatable bonds is 4. The second-order valence-electron chi connectivity index (χ2n) is 5.89. The standard InChI is InChI=1S/C15H25N3O/c1-17(2)15(8-6-4-5-7-9-15)13(19)12-14-16-10-11-18(14)3/h10-11H,4-9,12H2,1-3H3. The topological polar surface area (TPSA) is 38.1 Å². The lowest BCUT2D eigenvalue weighted by Crippen LogP contribution is -2.51. The third-order valence-corrected chi connectivity index (χ3v) is 4.55. The molecule has 1 heterocycles. The molecule has 0 atom stereocenters. The molecule has 0 amide bonds. The number of carbonyl (C=O) groups excluding carboxylic acids is 1. The molecule has 0 radical (unpaired) electrons. The fourth-order valence-corrected chi connectivity index (χ4v) is 3.16. The quantitative estimate of drug-likeness (QED) is 0.782. The van der Waals surface area contributed by atoms with Gasteiger partial charge in [0, 0.05) is 19.4 Å². The number of Topliss-reactive ketones (excluding diaryl/α,β-unsaturated/α-hetero) is 1. The van der Waals surface area contributed by atoms with Crippen LogP contribution in [0.5, 0.6) is 0 Å². The highest BCUT2D eigenvalue weighted by molar-refractivity contribution is 5.89. The van der Waals surface area contributed by atoms with Crippen molar-refractivity contribution in [2.24, 2.45) is 7.05 Å². The van der Waals surface area contributed by atoms with Crippen LogP contribution in [0.15, 0.2) is 12.4 Å². The average Bonchev–Trinajstić information content (AvgIpc) is 2.66. The van der Waals surface area contributed by atoms with Crippen LogP contribution in [0.3, 0.4) is 0 Å². The second kappa shape index (κ2) is 5.87. The van der Waals surface area contributed by atoms with Crippen molar-refractivity contribution >= 4 is 5.78 Å². The molecule has 19 heavy (non-hydrogen) atoms. The van der Waals surface area contributed by atoms with Crippen molar-refractivity contribution < 1.29 is 4.79 Å². The molecule has 1 aliphatic carbocycles. The smallest absolute Gasteiger partial charge is 0.160 e. The lowest BCUT2D eigenvalue weighted by molar-refractivity contribution is -0.130. The Labute approximate surface area is 115 Å². The van der Waals surface area contributed by atoms with E-state index in [9.17, 15) is 4.79 Å². The predicted octanol–water partition coefficient (Wildman–Crippen LogP) is 2.19. The molecule has 1 saturated carbocycles. The highest BCUT2D eigenvalue weighted by Crippen LogP contribution is 2.32. The Balaban J connectivity index is 2.18. The molecule has 0 aromatic carbocycles. The molecular weight excluding hydrogens is 238 g/mol. The SMILES string of the molecule is CN(C)C1(C(=O)Cc2nccn2C)CCCCCC1. The normalized spacial score (nSPS) is 19.4. The van der Waals surface area contributed by atoms with Crippen LogP contribution in [0, 0.1) is 0 Å². The van der Waals surface area contributed by atoms with E-state index < -0.39 is 0 Å². The highest BCUT2D eigenvalue weighted by atomic mass is 16.1. The van der Waals surface area contributed by atoms with Gasteiger partial charge in [0.1, 0.15) is 5.82 Å². The van der Waals surface area contributed by atoms with Crippen molar-refractivity contribution in [1.82, 2.24) is 14.5 Å².